The first-order valence-corrected chi connectivity index (χ1v) is 6.39. The predicted octanol–water partition coefficient (Wildman–Crippen LogP) is 2.49. The average Bonchev–Trinajstić information content (AvgIpc) is 2.45. The number of nitrogens with one attached hydrogen (secondary N) is 1. The molecule has 2 aromatic rings. The number of methoxy groups -OCH3 is 1. The van der Waals surface area contributed by atoms with Crippen molar-refractivity contribution in [1.82, 2.24) is 15.3 Å². The van der Waals surface area contributed by atoms with E-state index in [4.69, 9.17) is 4.74 Å². The van der Waals surface area contributed by atoms with Crippen molar-refractivity contribution >= 4 is 0 Å². The Morgan fingerprint density at radius 2 is 2.11 bits per heavy atom. The topological polar surface area (TPSA) is 47.0 Å². The van der Waals surface area contributed by atoms with Crippen molar-refractivity contribution < 1.29 is 4.74 Å². The van der Waals surface area contributed by atoms with Gasteiger partial charge in [0.1, 0.15) is 5.75 Å². The molecule has 0 bridgehead atoms. The summed E-state index contributed by atoms with van der Waals surface area (Å²) in [4.78, 5) is 8.37. The van der Waals surface area contributed by atoms with Gasteiger partial charge in [-0.3, -0.25) is 9.97 Å². The van der Waals surface area contributed by atoms with E-state index in [1.807, 2.05) is 25.4 Å². The minimum Gasteiger partial charge on any atom is -0.495 e. The second-order valence-corrected chi connectivity index (χ2v) is 4.40. The molecule has 0 aromatic carbocycles. The van der Waals surface area contributed by atoms with E-state index < -0.39 is 0 Å². The fraction of sp³-hybridized carbons (Fsp3) is 0.333. The number of ether oxygens (including phenoxy) is 1. The van der Waals surface area contributed by atoms with Crippen LogP contribution >= 0.6 is 0 Å². The van der Waals surface area contributed by atoms with Crippen LogP contribution in [0.1, 0.15) is 29.7 Å². The molecule has 2 aromatic heterocycles. The van der Waals surface area contributed by atoms with Crippen LogP contribution in [0.2, 0.25) is 0 Å². The van der Waals surface area contributed by atoms with Gasteiger partial charge in [-0.05, 0) is 30.7 Å². The standard InChI is InChI=1S/C15H19N3O/c1-4-18-15(12-7-11(2)8-17-9-12)13-5-6-16-10-14(13)19-3/h5-10,15,18H,4H2,1-3H3. The second kappa shape index (κ2) is 6.29. The summed E-state index contributed by atoms with van der Waals surface area (Å²) in [7, 11) is 1.66. The van der Waals surface area contributed by atoms with E-state index in [0.717, 1.165) is 29.0 Å². The van der Waals surface area contributed by atoms with Crippen LogP contribution in [-0.4, -0.2) is 23.6 Å². The number of hydrogen-bond donors (Lipinski definition) is 1. The third-order valence-corrected chi connectivity index (χ3v) is 2.99. The number of aryl methyl sites for hydroxylation is 1. The van der Waals surface area contributed by atoms with Crippen molar-refractivity contribution in [2.45, 2.75) is 19.9 Å². The normalized spacial score (nSPS) is 12.2. The minimum atomic E-state index is 0.0651. The molecule has 4 nitrogen and oxygen atoms in total. The van der Waals surface area contributed by atoms with Gasteiger partial charge in [0.15, 0.2) is 0 Å². The SMILES string of the molecule is CCNC(c1cncc(C)c1)c1ccncc1OC. The molecule has 19 heavy (non-hydrogen) atoms. The third-order valence-electron chi connectivity index (χ3n) is 2.99. The molecule has 2 heterocycles. The lowest BCUT2D eigenvalue weighted by molar-refractivity contribution is 0.402. The summed E-state index contributed by atoms with van der Waals surface area (Å²) in [5, 5.41) is 3.47. The molecule has 0 aliphatic carbocycles. The third kappa shape index (κ3) is 3.09. The number of pyridine rings is 2. The minimum absolute atomic E-state index is 0.0651. The van der Waals surface area contributed by atoms with E-state index in [2.05, 4.69) is 28.3 Å². The molecule has 4 heteroatoms. The monoisotopic (exact) mass is 257 g/mol. The van der Waals surface area contributed by atoms with E-state index in [-0.39, 0.29) is 6.04 Å². The molecule has 100 valence electrons. The Kier molecular flexibility index (Phi) is 4.47. The molecule has 0 saturated carbocycles. The van der Waals surface area contributed by atoms with Crippen LogP contribution in [0.3, 0.4) is 0 Å². The summed E-state index contributed by atoms with van der Waals surface area (Å²) in [6.07, 6.45) is 7.27. The second-order valence-electron chi connectivity index (χ2n) is 4.40. The van der Waals surface area contributed by atoms with Gasteiger partial charge in [0.25, 0.3) is 0 Å². The zero-order valence-electron chi connectivity index (χ0n) is 11.6. The summed E-state index contributed by atoms with van der Waals surface area (Å²) < 4.78 is 5.40. The predicted molar refractivity (Wildman–Crippen MR) is 75.3 cm³/mol. The average molecular weight is 257 g/mol. The highest BCUT2D eigenvalue weighted by molar-refractivity contribution is 5.39. The van der Waals surface area contributed by atoms with Gasteiger partial charge >= 0.3 is 0 Å². The maximum atomic E-state index is 5.40. The molecule has 0 amide bonds. The molecule has 0 spiro atoms. The van der Waals surface area contributed by atoms with Crippen LogP contribution in [0.25, 0.3) is 0 Å². The van der Waals surface area contributed by atoms with Crippen molar-refractivity contribution in [3.63, 3.8) is 0 Å². The number of nitrogens with zero attached hydrogens (tertiary/aromatic N) is 2. The fourth-order valence-electron chi connectivity index (χ4n) is 2.15. The van der Waals surface area contributed by atoms with Crippen LogP contribution < -0.4 is 10.1 Å². The molecule has 1 unspecified atom stereocenters. The van der Waals surface area contributed by atoms with Crippen LogP contribution in [-0.2, 0) is 0 Å². The van der Waals surface area contributed by atoms with Gasteiger partial charge in [0, 0.05) is 24.2 Å². The maximum absolute atomic E-state index is 5.40. The first kappa shape index (κ1) is 13.5. The van der Waals surface area contributed by atoms with E-state index in [9.17, 15) is 0 Å². The highest BCUT2D eigenvalue weighted by atomic mass is 16.5. The van der Waals surface area contributed by atoms with Crippen molar-refractivity contribution in [2.75, 3.05) is 13.7 Å². The van der Waals surface area contributed by atoms with Gasteiger partial charge in [-0.25, -0.2) is 0 Å². The summed E-state index contributed by atoms with van der Waals surface area (Å²) in [6.45, 7) is 5.00. The molecule has 0 radical (unpaired) electrons. The lowest BCUT2D eigenvalue weighted by Crippen LogP contribution is -2.22. The van der Waals surface area contributed by atoms with Crippen LogP contribution in [0.4, 0.5) is 0 Å². The molecule has 2 rings (SSSR count). The Labute approximate surface area is 113 Å². The van der Waals surface area contributed by atoms with Gasteiger partial charge in [-0.2, -0.15) is 0 Å². The summed E-state index contributed by atoms with van der Waals surface area (Å²) in [6, 6.07) is 4.18. The molecule has 0 fully saturated rings. The summed E-state index contributed by atoms with van der Waals surface area (Å²) in [5.74, 6) is 0.787. The van der Waals surface area contributed by atoms with Crippen LogP contribution in [0.5, 0.6) is 5.75 Å². The largest absolute Gasteiger partial charge is 0.495 e. The first-order chi connectivity index (χ1) is 9.26. The quantitative estimate of drug-likeness (QED) is 0.894. The smallest absolute Gasteiger partial charge is 0.142 e. The maximum Gasteiger partial charge on any atom is 0.142 e. The molecular weight excluding hydrogens is 238 g/mol. The number of rotatable bonds is 5. The molecule has 1 atom stereocenters. The Morgan fingerprint density at radius 1 is 1.26 bits per heavy atom. The highest BCUT2D eigenvalue weighted by Gasteiger charge is 2.17. The Bertz CT molecular complexity index is 542. The van der Waals surface area contributed by atoms with E-state index in [0.29, 0.717) is 0 Å². The van der Waals surface area contributed by atoms with Crippen LogP contribution in [0.15, 0.2) is 36.9 Å². The van der Waals surface area contributed by atoms with E-state index in [1.165, 1.54) is 0 Å². The van der Waals surface area contributed by atoms with Crippen molar-refractivity contribution in [3.8, 4) is 5.75 Å². The van der Waals surface area contributed by atoms with Crippen molar-refractivity contribution in [1.29, 1.82) is 0 Å². The van der Waals surface area contributed by atoms with Gasteiger partial charge in [0.2, 0.25) is 0 Å². The Balaban J connectivity index is 2.45. The molecular formula is C15H19N3O. The van der Waals surface area contributed by atoms with Crippen molar-refractivity contribution in [2.24, 2.45) is 0 Å². The van der Waals surface area contributed by atoms with Gasteiger partial charge < -0.3 is 10.1 Å². The lowest BCUT2D eigenvalue weighted by Gasteiger charge is -2.20. The fourth-order valence-corrected chi connectivity index (χ4v) is 2.15. The van der Waals surface area contributed by atoms with Crippen molar-refractivity contribution in [3.05, 3.63) is 53.6 Å². The molecule has 1 N–H and O–H groups in total. The highest BCUT2D eigenvalue weighted by Crippen LogP contribution is 2.29. The van der Waals surface area contributed by atoms with Crippen LogP contribution in [0, 0.1) is 6.92 Å². The lowest BCUT2D eigenvalue weighted by atomic mass is 9.99. The zero-order chi connectivity index (χ0) is 13.7. The van der Waals surface area contributed by atoms with Gasteiger partial charge in [-0.15, -0.1) is 0 Å². The molecule has 0 aliphatic heterocycles. The van der Waals surface area contributed by atoms with Gasteiger partial charge in [-0.1, -0.05) is 13.0 Å². The Hall–Kier alpha value is -1.94. The number of aromatic nitrogens is 2. The number of hydrogen-bond acceptors (Lipinski definition) is 4. The first-order valence-electron chi connectivity index (χ1n) is 6.39. The summed E-state index contributed by atoms with van der Waals surface area (Å²) in [5.41, 5.74) is 3.35. The zero-order valence-corrected chi connectivity index (χ0v) is 11.6. The Morgan fingerprint density at radius 3 is 2.79 bits per heavy atom. The van der Waals surface area contributed by atoms with E-state index in [1.54, 1.807) is 19.5 Å². The van der Waals surface area contributed by atoms with E-state index >= 15 is 0 Å². The van der Waals surface area contributed by atoms with Gasteiger partial charge in [0.05, 0.1) is 19.3 Å². The molecule has 0 saturated heterocycles. The molecule has 0 aliphatic rings. The summed E-state index contributed by atoms with van der Waals surface area (Å²) >= 11 is 0.